The zero-order chi connectivity index (χ0) is 13.2. The zero-order valence-electron chi connectivity index (χ0n) is 10.5. The maximum absolute atomic E-state index is 5.84. The predicted molar refractivity (Wildman–Crippen MR) is 78.6 cm³/mol. The lowest BCUT2D eigenvalue weighted by atomic mass is 10.1. The summed E-state index contributed by atoms with van der Waals surface area (Å²) in [5.41, 5.74) is 6.79. The Bertz CT molecular complexity index is 594. The Kier molecular flexibility index (Phi) is 3.46. The van der Waals surface area contributed by atoms with Crippen molar-refractivity contribution < 1.29 is 0 Å². The number of rotatable bonds is 2. The number of benzene rings is 1. The number of nitrogen functional groups attached to an aromatic ring is 1. The molecular formula is C14H15BrN4. The van der Waals surface area contributed by atoms with Gasteiger partial charge >= 0.3 is 0 Å². The van der Waals surface area contributed by atoms with E-state index in [2.05, 4.69) is 30.9 Å². The van der Waals surface area contributed by atoms with Crippen molar-refractivity contribution in [3.63, 3.8) is 0 Å². The average molecular weight is 319 g/mol. The summed E-state index contributed by atoms with van der Waals surface area (Å²) in [7, 11) is 0. The molecule has 0 radical (unpaired) electrons. The van der Waals surface area contributed by atoms with Crippen LogP contribution >= 0.6 is 15.9 Å². The Labute approximate surface area is 120 Å². The van der Waals surface area contributed by atoms with E-state index in [4.69, 9.17) is 5.73 Å². The third-order valence-electron chi connectivity index (χ3n) is 3.51. The SMILES string of the molecule is Nc1nc(-c2ccccc2Br)nc(C2CCCC2)n1. The van der Waals surface area contributed by atoms with Crippen LogP contribution in [0.4, 0.5) is 5.95 Å². The second-order valence-corrected chi connectivity index (χ2v) is 5.69. The third-order valence-corrected chi connectivity index (χ3v) is 4.20. The molecule has 0 bridgehead atoms. The molecule has 2 N–H and O–H groups in total. The van der Waals surface area contributed by atoms with Crippen LogP contribution in [0.1, 0.15) is 37.4 Å². The van der Waals surface area contributed by atoms with Crippen LogP contribution in [0.3, 0.4) is 0 Å². The van der Waals surface area contributed by atoms with E-state index in [1.54, 1.807) is 0 Å². The Morgan fingerprint density at radius 2 is 1.79 bits per heavy atom. The van der Waals surface area contributed by atoms with E-state index in [1.807, 2.05) is 24.3 Å². The van der Waals surface area contributed by atoms with Crippen LogP contribution in [0, 0.1) is 0 Å². The van der Waals surface area contributed by atoms with E-state index in [-0.39, 0.29) is 0 Å². The first-order valence-corrected chi connectivity index (χ1v) is 7.29. The second kappa shape index (κ2) is 5.25. The van der Waals surface area contributed by atoms with E-state index in [9.17, 15) is 0 Å². The number of hydrogen-bond acceptors (Lipinski definition) is 4. The molecule has 1 saturated carbocycles. The van der Waals surface area contributed by atoms with Gasteiger partial charge in [0, 0.05) is 16.0 Å². The first-order chi connectivity index (χ1) is 9.24. The molecule has 4 nitrogen and oxygen atoms in total. The number of aromatic nitrogens is 3. The molecule has 1 heterocycles. The third kappa shape index (κ3) is 2.61. The summed E-state index contributed by atoms with van der Waals surface area (Å²) < 4.78 is 0.970. The first kappa shape index (κ1) is 12.5. The van der Waals surface area contributed by atoms with Crippen molar-refractivity contribution in [3.8, 4) is 11.4 Å². The molecule has 1 aliphatic rings. The lowest BCUT2D eigenvalue weighted by Gasteiger charge is -2.10. The largest absolute Gasteiger partial charge is 0.368 e. The lowest BCUT2D eigenvalue weighted by Crippen LogP contribution is -2.07. The Morgan fingerprint density at radius 3 is 2.53 bits per heavy atom. The maximum atomic E-state index is 5.84. The lowest BCUT2D eigenvalue weighted by molar-refractivity contribution is 0.665. The van der Waals surface area contributed by atoms with Crippen LogP contribution in [0.2, 0.25) is 0 Å². The molecule has 19 heavy (non-hydrogen) atoms. The monoisotopic (exact) mass is 318 g/mol. The van der Waals surface area contributed by atoms with Gasteiger partial charge in [-0.25, -0.2) is 4.98 Å². The van der Waals surface area contributed by atoms with Crippen LogP contribution in [-0.4, -0.2) is 15.0 Å². The number of nitrogens with two attached hydrogens (primary N) is 1. The standard InChI is InChI=1S/C14H15BrN4/c15-11-8-4-3-7-10(11)13-17-12(18-14(16)19-13)9-5-1-2-6-9/h3-4,7-9H,1-2,5-6H2,(H2,16,17,18,19). The minimum atomic E-state index is 0.308. The fraction of sp³-hybridized carbons (Fsp3) is 0.357. The minimum Gasteiger partial charge on any atom is -0.368 e. The van der Waals surface area contributed by atoms with Gasteiger partial charge < -0.3 is 5.73 Å². The highest BCUT2D eigenvalue weighted by Crippen LogP contribution is 2.33. The average Bonchev–Trinajstić information content (AvgIpc) is 2.92. The zero-order valence-corrected chi connectivity index (χ0v) is 12.1. The minimum absolute atomic E-state index is 0.308. The summed E-state index contributed by atoms with van der Waals surface area (Å²) in [6.45, 7) is 0. The molecule has 1 aliphatic carbocycles. The van der Waals surface area contributed by atoms with Gasteiger partial charge in [-0.15, -0.1) is 0 Å². The summed E-state index contributed by atoms with van der Waals surface area (Å²) in [6, 6.07) is 7.90. The predicted octanol–water partition coefficient (Wildman–Crippen LogP) is 3.54. The Balaban J connectivity index is 2.04. The van der Waals surface area contributed by atoms with E-state index >= 15 is 0 Å². The van der Waals surface area contributed by atoms with Gasteiger partial charge in [-0.3, -0.25) is 0 Å². The summed E-state index contributed by atoms with van der Waals surface area (Å²) in [4.78, 5) is 13.2. The molecule has 5 heteroatoms. The van der Waals surface area contributed by atoms with Gasteiger partial charge in [-0.2, -0.15) is 9.97 Å². The van der Waals surface area contributed by atoms with Gasteiger partial charge in [-0.1, -0.05) is 47.0 Å². The van der Waals surface area contributed by atoms with Crippen molar-refractivity contribution in [2.45, 2.75) is 31.6 Å². The Hall–Kier alpha value is -1.49. The molecule has 1 aromatic heterocycles. The summed E-state index contributed by atoms with van der Waals surface area (Å²) in [5.74, 6) is 2.24. The van der Waals surface area contributed by atoms with Gasteiger partial charge in [0.2, 0.25) is 5.95 Å². The first-order valence-electron chi connectivity index (χ1n) is 6.50. The summed E-state index contributed by atoms with van der Waals surface area (Å²) in [6.07, 6.45) is 4.80. The van der Waals surface area contributed by atoms with Crippen molar-refractivity contribution in [1.29, 1.82) is 0 Å². The molecule has 3 rings (SSSR count). The second-order valence-electron chi connectivity index (χ2n) is 4.84. The van der Waals surface area contributed by atoms with Gasteiger partial charge in [0.15, 0.2) is 5.82 Å². The molecule has 1 aromatic carbocycles. The van der Waals surface area contributed by atoms with Crippen LogP contribution in [0.5, 0.6) is 0 Å². The number of anilines is 1. The molecule has 2 aromatic rings. The van der Waals surface area contributed by atoms with Crippen molar-refractivity contribution in [2.24, 2.45) is 0 Å². The van der Waals surface area contributed by atoms with Gasteiger partial charge in [0.1, 0.15) is 5.82 Å². The van der Waals surface area contributed by atoms with Gasteiger partial charge in [-0.05, 0) is 18.9 Å². The topological polar surface area (TPSA) is 64.7 Å². The highest BCUT2D eigenvalue weighted by molar-refractivity contribution is 9.10. The van der Waals surface area contributed by atoms with Crippen molar-refractivity contribution >= 4 is 21.9 Å². The van der Waals surface area contributed by atoms with E-state index in [0.717, 1.165) is 28.7 Å². The van der Waals surface area contributed by atoms with E-state index < -0.39 is 0 Å². The van der Waals surface area contributed by atoms with E-state index in [1.165, 1.54) is 12.8 Å². The fourth-order valence-corrected chi connectivity index (χ4v) is 3.00. The molecule has 0 spiro atoms. The highest BCUT2D eigenvalue weighted by atomic mass is 79.9. The molecule has 98 valence electrons. The molecule has 0 saturated heterocycles. The Morgan fingerprint density at radius 1 is 1.05 bits per heavy atom. The number of hydrogen-bond donors (Lipinski definition) is 1. The van der Waals surface area contributed by atoms with Crippen molar-refractivity contribution in [1.82, 2.24) is 15.0 Å². The van der Waals surface area contributed by atoms with Crippen LogP contribution in [0.25, 0.3) is 11.4 Å². The molecule has 0 atom stereocenters. The summed E-state index contributed by atoms with van der Waals surface area (Å²) in [5, 5.41) is 0. The maximum Gasteiger partial charge on any atom is 0.223 e. The quantitative estimate of drug-likeness (QED) is 0.919. The van der Waals surface area contributed by atoms with Crippen molar-refractivity contribution in [2.75, 3.05) is 5.73 Å². The van der Waals surface area contributed by atoms with Crippen molar-refractivity contribution in [3.05, 3.63) is 34.6 Å². The molecule has 0 unspecified atom stereocenters. The molecular weight excluding hydrogens is 304 g/mol. The van der Waals surface area contributed by atoms with E-state index in [0.29, 0.717) is 17.7 Å². The van der Waals surface area contributed by atoms with Gasteiger partial charge in [0.05, 0.1) is 0 Å². The smallest absolute Gasteiger partial charge is 0.223 e. The summed E-state index contributed by atoms with van der Waals surface area (Å²) >= 11 is 3.52. The molecule has 0 amide bonds. The number of halogens is 1. The fourth-order valence-electron chi connectivity index (χ4n) is 2.54. The number of nitrogens with zero attached hydrogens (tertiary/aromatic N) is 3. The van der Waals surface area contributed by atoms with Gasteiger partial charge in [0.25, 0.3) is 0 Å². The molecule has 0 aliphatic heterocycles. The van der Waals surface area contributed by atoms with Crippen LogP contribution in [0.15, 0.2) is 28.7 Å². The normalized spacial score (nSPS) is 15.8. The van der Waals surface area contributed by atoms with Crippen LogP contribution in [-0.2, 0) is 0 Å². The van der Waals surface area contributed by atoms with Crippen LogP contribution < -0.4 is 5.73 Å². The molecule has 1 fully saturated rings. The highest BCUT2D eigenvalue weighted by Gasteiger charge is 2.21.